The molecule has 1 spiro atoms. The summed E-state index contributed by atoms with van der Waals surface area (Å²) >= 11 is 0.992. The lowest BCUT2D eigenvalue weighted by atomic mass is 9.47. The predicted molar refractivity (Wildman–Crippen MR) is 135 cm³/mol. The van der Waals surface area contributed by atoms with Crippen LogP contribution in [0.15, 0.2) is 23.8 Å². The number of carbonyl (C=O) groups excluding carboxylic acids is 2. The van der Waals surface area contributed by atoms with Gasteiger partial charge in [0.25, 0.3) is 0 Å². The van der Waals surface area contributed by atoms with E-state index in [9.17, 15) is 19.3 Å². The molecule has 9 atom stereocenters. The van der Waals surface area contributed by atoms with Crippen molar-refractivity contribution in [2.24, 2.45) is 23.2 Å². The molecule has 4 aliphatic carbocycles. The van der Waals surface area contributed by atoms with Crippen LogP contribution in [0.2, 0.25) is 0 Å². The molecule has 0 bridgehead atoms. The average molecular weight is 561 g/mol. The zero-order valence-electron chi connectivity index (χ0n) is 21.6. The Bertz CT molecular complexity index is 1100. The number of hydrogen-bond acceptors (Lipinski definition) is 8. The van der Waals surface area contributed by atoms with E-state index in [1.165, 1.54) is 12.2 Å². The molecule has 0 aromatic carbocycles. The normalized spacial score (nSPS) is 46.0. The van der Waals surface area contributed by atoms with Crippen molar-refractivity contribution < 1.29 is 41.8 Å². The molecule has 1 saturated heterocycles. The van der Waals surface area contributed by atoms with Crippen LogP contribution in [0.5, 0.6) is 0 Å². The third-order valence-electron chi connectivity index (χ3n) is 9.46. The number of alkyl halides is 2. The van der Waals surface area contributed by atoms with Crippen LogP contribution in [-0.4, -0.2) is 70.3 Å². The number of ether oxygens (including phenoxy) is 1. The highest BCUT2D eigenvalue weighted by atomic mass is 32.2. The quantitative estimate of drug-likeness (QED) is 0.340. The topological polar surface area (TPSA) is 102 Å². The first-order chi connectivity index (χ1) is 17.3. The highest BCUT2D eigenvalue weighted by molar-refractivity contribution is 8.14. The monoisotopic (exact) mass is 560 g/mol. The molecule has 7 nitrogen and oxygen atoms in total. The number of aliphatic hydroxyl groups is 1. The smallest absolute Gasteiger partial charge is 0.331 e. The van der Waals surface area contributed by atoms with E-state index in [1.807, 2.05) is 6.92 Å². The van der Waals surface area contributed by atoms with Crippen molar-refractivity contribution in [3.05, 3.63) is 23.8 Å². The molecule has 3 saturated carbocycles. The van der Waals surface area contributed by atoms with Crippen LogP contribution >= 0.6 is 19.4 Å². The minimum atomic E-state index is -3.31. The lowest BCUT2D eigenvalue weighted by Gasteiger charge is -2.59. The van der Waals surface area contributed by atoms with Gasteiger partial charge in [0, 0.05) is 23.5 Å². The van der Waals surface area contributed by atoms with E-state index in [2.05, 4.69) is 0 Å². The molecule has 1 N–H and O–H groups in total. The molecule has 37 heavy (non-hydrogen) atoms. The summed E-state index contributed by atoms with van der Waals surface area (Å²) in [5, 5.41) is 11.1. The zero-order valence-corrected chi connectivity index (χ0v) is 23.3. The zero-order chi connectivity index (χ0) is 27.0. The van der Waals surface area contributed by atoms with Crippen molar-refractivity contribution in [2.45, 2.75) is 76.1 Å². The Balaban J connectivity index is 1.39. The van der Waals surface area contributed by atoms with Gasteiger partial charge < -0.3 is 18.9 Å². The molecule has 206 valence electrons. The first-order valence-electron chi connectivity index (χ1n) is 13.1. The van der Waals surface area contributed by atoms with Gasteiger partial charge in [-0.05, 0) is 63.2 Å². The summed E-state index contributed by atoms with van der Waals surface area (Å²) < 4.78 is 62.3. The summed E-state index contributed by atoms with van der Waals surface area (Å²) in [6.07, 6.45) is 1.04. The van der Waals surface area contributed by atoms with Crippen LogP contribution in [-0.2, 0) is 27.9 Å². The molecule has 0 aromatic heterocycles. The number of carbonyl (C=O) groups is 2. The van der Waals surface area contributed by atoms with E-state index in [1.54, 1.807) is 20.8 Å². The third kappa shape index (κ3) is 3.62. The second-order valence-corrected chi connectivity index (χ2v) is 14.4. The molecule has 11 heteroatoms. The first-order valence-corrected chi connectivity index (χ1v) is 15.8. The average Bonchev–Trinajstić information content (AvgIpc) is 3.43. The van der Waals surface area contributed by atoms with Crippen molar-refractivity contribution in [1.82, 2.24) is 0 Å². The summed E-state index contributed by atoms with van der Waals surface area (Å²) in [5.74, 6) is -1.79. The summed E-state index contributed by atoms with van der Waals surface area (Å²) in [5.41, 5.74) is -5.86. The number of aliphatic hydroxyl groups excluding tert-OH is 1. The van der Waals surface area contributed by atoms with Crippen molar-refractivity contribution in [2.75, 3.05) is 25.1 Å². The maximum absolute atomic E-state index is 17.2. The fourth-order valence-electron chi connectivity index (χ4n) is 7.89. The highest BCUT2D eigenvalue weighted by Gasteiger charge is 2.88. The van der Waals surface area contributed by atoms with Gasteiger partial charge in [0.1, 0.15) is 11.8 Å². The van der Waals surface area contributed by atoms with Gasteiger partial charge in [0.2, 0.25) is 5.12 Å². The SMILES string of the molecule is CCOP(=O)(CCSC(=O)[C@]12O[C@@]13C[C@H](O)[C@@]1(F)[C@@H](C[C@H](F)C4=CC(=O)C=C[C@@]41C)[C@@H]3C[C@H]2C)OCC. The van der Waals surface area contributed by atoms with E-state index in [0.29, 0.717) is 6.42 Å². The molecule has 0 aromatic rings. The summed E-state index contributed by atoms with van der Waals surface area (Å²) in [4.78, 5) is 25.5. The number of allylic oxidation sites excluding steroid dienone is 4. The number of ketones is 1. The van der Waals surface area contributed by atoms with E-state index >= 15 is 8.78 Å². The van der Waals surface area contributed by atoms with E-state index < -0.39 is 54.0 Å². The molecule has 0 radical (unpaired) electrons. The first kappa shape index (κ1) is 27.7. The Morgan fingerprint density at radius 1 is 1.27 bits per heavy atom. The van der Waals surface area contributed by atoms with Crippen LogP contribution in [0.25, 0.3) is 0 Å². The minimum Gasteiger partial charge on any atom is -0.390 e. The van der Waals surface area contributed by atoms with Gasteiger partial charge in [-0.1, -0.05) is 24.8 Å². The number of hydrogen-bond donors (Lipinski definition) is 1. The summed E-state index contributed by atoms with van der Waals surface area (Å²) in [6.45, 7) is 7.32. The number of fused-ring (bicyclic) bond motifs is 4. The third-order valence-corrected chi connectivity index (χ3v) is 12.8. The Morgan fingerprint density at radius 3 is 2.59 bits per heavy atom. The minimum absolute atomic E-state index is 0.0624. The number of rotatable bonds is 8. The van der Waals surface area contributed by atoms with Crippen LogP contribution in [0.1, 0.15) is 47.0 Å². The number of epoxide rings is 1. The maximum atomic E-state index is 17.2. The number of halogens is 2. The van der Waals surface area contributed by atoms with Gasteiger partial charge in [-0.3, -0.25) is 14.2 Å². The predicted octanol–water partition coefficient (Wildman–Crippen LogP) is 4.58. The lowest BCUT2D eigenvalue weighted by Crippen LogP contribution is -2.68. The van der Waals surface area contributed by atoms with E-state index in [4.69, 9.17) is 13.8 Å². The standard InChI is InChI=1S/C26H35F2O7PS/c1-5-33-36(32,34-6-2)9-10-37-22(31)26-15(3)11-17-18-13-20(27)19-12-16(29)7-8-23(19,4)25(18,28)21(30)14-24(17,26)35-26/h7-8,12,15,17-18,20-21,30H,5-6,9-11,13-14H2,1-4H3/t15-,17+,18+,20+,21+,23+,24-,25+,26+/m1/s1. The van der Waals surface area contributed by atoms with Crippen LogP contribution < -0.4 is 0 Å². The Labute approximate surface area is 220 Å². The van der Waals surface area contributed by atoms with Crippen molar-refractivity contribution in [3.8, 4) is 0 Å². The molecular weight excluding hydrogens is 525 g/mol. The van der Waals surface area contributed by atoms with Crippen molar-refractivity contribution in [3.63, 3.8) is 0 Å². The van der Waals surface area contributed by atoms with E-state index in [0.717, 1.165) is 17.8 Å². The van der Waals surface area contributed by atoms with Gasteiger partial charge in [-0.25, -0.2) is 8.78 Å². The van der Waals surface area contributed by atoms with Crippen LogP contribution in [0.4, 0.5) is 8.78 Å². The van der Waals surface area contributed by atoms with E-state index in [-0.39, 0.29) is 60.4 Å². The van der Waals surface area contributed by atoms with Crippen molar-refractivity contribution >= 4 is 30.3 Å². The Kier molecular flexibility index (Phi) is 6.78. The van der Waals surface area contributed by atoms with Crippen LogP contribution in [0.3, 0.4) is 0 Å². The molecule has 0 amide bonds. The Hall–Kier alpha value is -0.900. The number of thioether (sulfide) groups is 1. The fraction of sp³-hybridized carbons (Fsp3) is 0.769. The fourth-order valence-corrected chi connectivity index (χ4v) is 11.1. The summed E-state index contributed by atoms with van der Waals surface area (Å²) in [6, 6.07) is 0. The second kappa shape index (κ2) is 9.07. The Morgan fingerprint density at radius 2 is 1.95 bits per heavy atom. The lowest BCUT2D eigenvalue weighted by molar-refractivity contribution is -0.187. The van der Waals surface area contributed by atoms with Gasteiger partial charge in [0.05, 0.1) is 25.5 Å². The van der Waals surface area contributed by atoms with Gasteiger partial charge in [0.15, 0.2) is 17.1 Å². The molecule has 1 heterocycles. The molecule has 4 fully saturated rings. The molecule has 5 rings (SSSR count). The van der Waals surface area contributed by atoms with Gasteiger partial charge >= 0.3 is 7.60 Å². The molecule has 1 aliphatic heterocycles. The summed E-state index contributed by atoms with van der Waals surface area (Å²) in [7, 11) is -3.31. The second-order valence-electron chi connectivity index (χ2n) is 11.1. The largest absolute Gasteiger partial charge is 0.390 e. The molecule has 5 aliphatic rings. The molecule has 0 unspecified atom stereocenters. The highest BCUT2D eigenvalue weighted by Crippen LogP contribution is 2.76. The maximum Gasteiger partial charge on any atom is 0.331 e. The van der Waals surface area contributed by atoms with Gasteiger partial charge in [-0.2, -0.15) is 0 Å². The van der Waals surface area contributed by atoms with Crippen LogP contribution in [0, 0.1) is 23.2 Å². The molecular formula is C26H35F2O7PS. The van der Waals surface area contributed by atoms with Gasteiger partial charge in [-0.15, -0.1) is 0 Å². The van der Waals surface area contributed by atoms with Crippen molar-refractivity contribution in [1.29, 1.82) is 0 Å².